The highest BCUT2D eigenvalue weighted by atomic mass is 35.5. The van der Waals surface area contributed by atoms with Gasteiger partial charge >= 0.3 is 0 Å². The van der Waals surface area contributed by atoms with Crippen LogP contribution in [0.25, 0.3) is 5.03 Å². The molecule has 1 aromatic carbocycles. The Kier molecular flexibility index (Phi) is 2.90. The molecule has 0 radical (unpaired) electrons. The van der Waals surface area contributed by atoms with Crippen LogP contribution in [0.3, 0.4) is 0 Å². The summed E-state index contributed by atoms with van der Waals surface area (Å²) >= 11 is 5.91. The van der Waals surface area contributed by atoms with Crippen LogP contribution in [0.4, 0.5) is 0 Å². The van der Waals surface area contributed by atoms with Crippen LogP contribution in [0.5, 0.6) is 0 Å². The Labute approximate surface area is 76.9 Å². The third-order valence-corrected chi connectivity index (χ3v) is 2.03. The van der Waals surface area contributed by atoms with Crippen LogP contribution in [0.1, 0.15) is 12.5 Å². The summed E-state index contributed by atoms with van der Waals surface area (Å²) in [5.74, 6) is 0. The van der Waals surface area contributed by atoms with Crippen molar-refractivity contribution < 1.29 is 0 Å². The molecule has 12 heavy (non-hydrogen) atoms. The number of halogens is 1. The molecule has 0 aliphatic rings. The number of benzene rings is 1. The van der Waals surface area contributed by atoms with Crippen LogP contribution in [-0.4, -0.2) is 0 Å². The molecule has 0 N–H and O–H groups in total. The topological polar surface area (TPSA) is 23.8 Å². The van der Waals surface area contributed by atoms with E-state index >= 15 is 0 Å². The summed E-state index contributed by atoms with van der Waals surface area (Å²) in [6, 6.07) is 11.5. The van der Waals surface area contributed by atoms with E-state index in [1.807, 2.05) is 36.4 Å². The van der Waals surface area contributed by atoms with Crippen LogP contribution in [0.15, 0.2) is 35.9 Å². The molecule has 0 aliphatic carbocycles. The zero-order valence-electron chi connectivity index (χ0n) is 6.71. The van der Waals surface area contributed by atoms with Crippen molar-refractivity contribution in [1.29, 1.82) is 5.26 Å². The standard InChI is InChI=1S/C10H8ClN/c1-8(7-12)10(11)9-5-3-2-4-6-9/h2-6H,1H3. The third-order valence-electron chi connectivity index (χ3n) is 1.52. The van der Waals surface area contributed by atoms with Crippen molar-refractivity contribution in [2.45, 2.75) is 6.92 Å². The number of rotatable bonds is 1. The summed E-state index contributed by atoms with van der Waals surface area (Å²) in [5.41, 5.74) is 1.43. The predicted molar refractivity (Wildman–Crippen MR) is 50.5 cm³/mol. The van der Waals surface area contributed by atoms with Crippen molar-refractivity contribution in [2.75, 3.05) is 0 Å². The van der Waals surface area contributed by atoms with Crippen molar-refractivity contribution in [3.63, 3.8) is 0 Å². The SMILES string of the molecule is CC(C#N)=C(Cl)c1ccccc1. The van der Waals surface area contributed by atoms with Crippen molar-refractivity contribution in [3.8, 4) is 6.07 Å². The van der Waals surface area contributed by atoms with E-state index in [1.54, 1.807) is 6.92 Å². The molecule has 0 aliphatic heterocycles. The van der Waals surface area contributed by atoms with Gasteiger partial charge in [-0.1, -0.05) is 41.9 Å². The first-order chi connectivity index (χ1) is 5.75. The molecule has 60 valence electrons. The largest absolute Gasteiger partial charge is 0.193 e. The third kappa shape index (κ3) is 1.87. The fourth-order valence-corrected chi connectivity index (χ4v) is 1.02. The van der Waals surface area contributed by atoms with Crippen molar-refractivity contribution in [2.24, 2.45) is 0 Å². The van der Waals surface area contributed by atoms with Gasteiger partial charge in [0.25, 0.3) is 0 Å². The molecule has 0 bridgehead atoms. The highest BCUT2D eigenvalue weighted by Crippen LogP contribution is 2.21. The number of nitrogens with zero attached hydrogens (tertiary/aromatic N) is 1. The normalized spacial score (nSPS) is 11.8. The van der Waals surface area contributed by atoms with Crippen molar-refractivity contribution >= 4 is 16.6 Å². The molecule has 1 aromatic rings. The maximum absolute atomic E-state index is 8.57. The van der Waals surface area contributed by atoms with Crippen molar-refractivity contribution in [3.05, 3.63) is 41.5 Å². The fraction of sp³-hybridized carbons (Fsp3) is 0.100. The lowest BCUT2D eigenvalue weighted by Gasteiger charge is -1.98. The number of hydrogen-bond donors (Lipinski definition) is 0. The van der Waals surface area contributed by atoms with E-state index in [-0.39, 0.29) is 0 Å². The van der Waals surface area contributed by atoms with Gasteiger partial charge in [0.1, 0.15) is 0 Å². The summed E-state index contributed by atoms with van der Waals surface area (Å²) in [5, 5.41) is 9.10. The first kappa shape index (κ1) is 8.83. The van der Waals surface area contributed by atoms with Gasteiger partial charge in [0.15, 0.2) is 0 Å². The molecule has 1 nitrogen and oxygen atoms in total. The van der Waals surface area contributed by atoms with E-state index in [9.17, 15) is 0 Å². The minimum atomic E-state index is 0.526. The average molecular weight is 178 g/mol. The maximum Gasteiger partial charge on any atom is 0.0959 e. The Balaban J connectivity index is 3.11. The molecular weight excluding hydrogens is 170 g/mol. The second kappa shape index (κ2) is 3.94. The molecular formula is C10H8ClN. The van der Waals surface area contributed by atoms with E-state index in [4.69, 9.17) is 16.9 Å². The minimum absolute atomic E-state index is 0.526. The van der Waals surface area contributed by atoms with E-state index < -0.39 is 0 Å². The number of hydrogen-bond acceptors (Lipinski definition) is 1. The van der Waals surface area contributed by atoms with Crippen LogP contribution >= 0.6 is 11.6 Å². The van der Waals surface area contributed by atoms with Gasteiger partial charge in [0.2, 0.25) is 0 Å². The second-order valence-electron chi connectivity index (χ2n) is 2.42. The molecule has 0 aromatic heterocycles. The van der Waals surface area contributed by atoms with E-state index in [0.29, 0.717) is 10.6 Å². The van der Waals surface area contributed by atoms with Crippen LogP contribution < -0.4 is 0 Å². The van der Waals surface area contributed by atoms with Gasteiger partial charge in [-0.2, -0.15) is 5.26 Å². The van der Waals surface area contributed by atoms with Gasteiger partial charge in [0, 0.05) is 5.57 Å². The quantitative estimate of drug-likeness (QED) is 0.605. The second-order valence-corrected chi connectivity index (χ2v) is 2.79. The molecule has 0 heterocycles. The van der Waals surface area contributed by atoms with Gasteiger partial charge in [0.05, 0.1) is 11.1 Å². The van der Waals surface area contributed by atoms with E-state index in [2.05, 4.69) is 0 Å². The first-order valence-corrected chi connectivity index (χ1v) is 3.95. The highest BCUT2D eigenvalue weighted by molar-refractivity contribution is 6.49. The number of nitriles is 1. The molecule has 2 heteroatoms. The smallest absolute Gasteiger partial charge is 0.0959 e. The lowest BCUT2D eigenvalue weighted by atomic mass is 10.1. The summed E-state index contributed by atoms with van der Waals surface area (Å²) < 4.78 is 0. The van der Waals surface area contributed by atoms with Gasteiger partial charge in [-0.3, -0.25) is 0 Å². The fourth-order valence-electron chi connectivity index (χ4n) is 0.850. The predicted octanol–water partition coefficient (Wildman–Crippen LogP) is 3.18. The molecule has 0 saturated heterocycles. The molecule has 0 atom stereocenters. The maximum atomic E-state index is 8.57. The minimum Gasteiger partial charge on any atom is -0.193 e. The Morgan fingerprint density at radius 3 is 2.42 bits per heavy atom. The zero-order valence-corrected chi connectivity index (χ0v) is 7.47. The average Bonchev–Trinajstić information content (AvgIpc) is 2.17. The lowest BCUT2D eigenvalue weighted by Crippen LogP contribution is -1.78. The van der Waals surface area contributed by atoms with Crippen molar-refractivity contribution in [1.82, 2.24) is 0 Å². The lowest BCUT2D eigenvalue weighted by molar-refractivity contribution is 1.45. The summed E-state index contributed by atoms with van der Waals surface area (Å²) in [7, 11) is 0. The molecule has 0 unspecified atom stereocenters. The first-order valence-electron chi connectivity index (χ1n) is 3.57. The van der Waals surface area contributed by atoms with Gasteiger partial charge in [-0.25, -0.2) is 0 Å². The molecule has 0 spiro atoms. The highest BCUT2D eigenvalue weighted by Gasteiger charge is 2.00. The van der Waals surface area contributed by atoms with E-state index in [0.717, 1.165) is 5.56 Å². The molecule has 0 fully saturated rings. The van der Waals surface area contributed by atoms with Gasteiger partial charge in [-0.15, -0.1) is 0 Å². The Bertz CT molecular complexity index is 333. The summed E-state index contributed by atoms with van der Waals surface area (Å²) in [4.78, 5) is 0. The molecule has 1 rings (SSSR count). The zero-order chi connectivity index (χ0) is 8.97. The monoisotopic (exact) mass is 177 g/mol. The van der Waals surface area contributed by atoms with E-state index in [1.165, 1.54) is 0 Å². The Morgan fingerprint density at radius 1 is 1.33 bits per heavy atom. The van der Waals surface area contributed by atoms with Gasteiger partial charge < -0.3 is 0 Å². The number of allylic oxidation sites excluding steroid dienone is 1. The summed E-state index contributed by atoms with van der Waals surface area (Å²) in [6.07, 6.45) is 0. The Hall–Kier alpha value is -1.26. The van der Waals surface area contributed by atoms with Crippen LogP contribution in [0, 0.1) is 11.3 Å². The Morgan fingerprint density at radius 2 is 1.92 bits per heavy atom. The van der Waals surface area contributed by atoms with Crippen LogP contribution in [0.2, 0.25) is 0 Å². The summed E-state index contributed by atoms with van der Waals surface area (Å²) in [6.45, 7) is 1.70. The molecule has 0 saturated carbocycles. The molecule has 0 amide bonds. The van der Waals surface area contributed by atoms with Gasteiger partial charge in [-0.05, 0) is 12.5 Å². The van der Waals surface area contributed by atoms with Crippen LogP contribution in [-0.2, 0) is 0 Å².